The van der Waals surface area contributed by atoms with Crippen LogP contribution in [0.1, 0.15) is 226 Å². The Kier molecular flexibility index (Phi) is 52.5. The normalized spacial score (nSPS) is 13.1. The molecule has 0 aliphatic rings. The van der Waals surface area contributed by atoms with Gasteiger partial charge in [0.05, 0.1) is 0 Å². The molecule has 0 saturated heterocycles. The molecule has 388 valence electrons. The van der Waals surface area contributed by atoms with Crippen LogP contribution in [0.2, 0.25) is 0 Å². The molecule has 0 N–H and O–H groups in total. The maximum absolute atomic E-state index is 12.8. The van der Waals surface area contributed by atoms with Gasteiger partial charge in [0.1, 0.15) is 13.2 Å². The van der Waals surface area contributed by atoms with Gasteiger partial charge in [0.2, 0.25) is 0 Å². The molecule has 6 nitrogen and oxygen atoms in total. The van der Waals surface area contributed by atoms with Gasteiger partial charge in [0.25, 0.3) is 0 Å². The van der Waals surface area contributed by atoms with Gasteiger partial charge >= 0.3 is 17.9 Å². The summed E-state index contributed by atoms with van der Waals surface area (Å²) < 4.78 is 16.7. The van der Waals surface area contributed by atoms with E-state index in [4.69, 9.17) is 14.2 Å². The molecule has 0 amide bonds. The zero-order valence-electron chi connectivity index (χ0n) is 44.3. The molecule has 0 aromatic rings. The monoisotopic (exact) mass is 953 g/mol. The van der Waals surface area contributed by atoms with Crippen molar-refractivity contribution in [3.63, 3.8) is 0 Å². The maximum Gasteiger partial charge on any atom is 0.306 e. The van der Waals surface area contributed by atoms with Gasteiger partial charge in [-0.2, -0.15) is 0 Å². The van der Waals surface area contributed by atoms with Gasteiger partial charge in [-0.15, -0.1) is 0 Å². The van der Waals surface area contributed by atoms with Crippen molar-refractivity contribution >= 4 is 17.9 Å². The third-order valence-electron chi connectivity index (χ3n) is 11.1. The molecule has 0 aromatic heterocycles. The highest BCUT2D eigenvalue weighted by molar-refractivity contribution is 5.71. The minimum Gasteiger partial charge on any atom is -0.462 e. The van der Waals surface area contributed by atoms with E-state index >= 15 is 0 Å². The highest BCUT2D eigenvalue weighted by Crippen LogP contribution is 2.12. The summed E-state index contributed by atoms with van der Waals surface area (Å²) in [6.45, 7) is 6.36. The fourth-order valence-electron chi connectivity index (χ4n) is 6.93. The van der Waals surface area contributed by atoms with E-state index in [0.29, 0.717) is 19.3 Å². The lowest BCUT2D eigenvalue weighted by Gasteiger charge is -2.18. The van der Waals surface area contributed by atoms with Crippen LogP contribution in [0.25, 0.3) is 0 Å². The number of carbonyl (C=O) groups excluding carboxylic acids is 3. The van der Waals surface area contributed by atoms with Crippen molar-refractivity contribution in [3.05, 3.63) is 134 Å². The zero-order valence-corrected chi connectivity index (χ0v) is 44.3. The summed E-state index contributed by atoms with van der Waals surface area (Å²) in [6.07, 6.45) is 78.8. The first-order valence-electron chi connectivity index (χ1n) is 27.7. The Morgan fingerprint density at radius 2 is 0.580 bits per heavy atom. The van der Waals surface area contributed by atoms with Crippen LogP contribution in [-0.4, -0.2) is 37.2 Å². The second kappa shape index (κ2) is 56.1. The van der Waals surface area contributed by atoms with E-state index in [9.17, 15) is 14.4 Å². The molecule has 69 heavy (non-hydrogen) atoms. The van der Waals surface area contributed by atoms with Crippen LogP contribution in [0.15, 0.2) is 134 Å². The lowest BCUT2D eigenvalue weighted by Crippen LogP contribution is -2.30. The molecule has 0 radical (unpaired) electrons. The smallest absolute Gasteiger partial charge is 0.306 e. The first kappa shape index (κ1) is 64.5. The Balaban J connectivity index is 4.37. The van der Waals surface area contributed by atoms with Gasteiger partial charge in [0.15, 0.2) is 6.10 Å². The Bertz CT molecular complexity index is 1510. The molecule has 6 heteroatoms. The molecule has 0 aliphatic heterocycles. The predicted molar refractivity (Wildman–Crippen MR) is 297 cm³/mol. The zero-order chi connectivity index (χ0) is 50.0. The van der Waals surface area contributed by atoms with Crippen LogP contribution in [0.4, 0.5) is 0 Å². The minimum absolute atomic E-state index is 0.108. The maximum atomic E-state index is 12.8. The SMILES string of the molecule is CC/C=C\C/C=C\C/C=C\C/C=C\C/C=C\C/C=C\C/C=C\C/C=C\C/C=C\CCCC(=O)OCC(COC(=O)CCCCCCC/C=C\CCCC)OC(=O)CCCCCCC/C=C\CCCC. The molecule has 0 saturated carbocycles. The largest absolute Gasteiger partial charge is 0.462 e. The Hall–Kier alpha value is -4.45. The summed E-state index contributed by atoms with van der Waals surface area (Å²) in [5.74, 6) is -0.998. The molecule has 1 atom stereocenters. The molecular formula is C63H100O6. The van der Waals surface area contributed by atoms with Gasteiger partial charge in [-0.3, -0.25) is 14.4 Å². The van der Waals surface area contributed by atoms with Gasteiger partial charge in [0, 0.05) is 19.3 Å². The number of ether oxygens (including phenoxy) is 3. The number of hydrogen-bond acceptors (Lipinski definition) is 6. The van der Waals surface area contributed by atoms with E-state index in [1.165, 1.54) is 51.4 Å². The molecule has 0 aliphatic carbocycles. The van der Waals surface area contributed by atoms with Crippen LogP contribution in [0.5, 0.6) is 0 Å². The van der Waals surface area contributed by atoms with Crippen molar-refractivity contribution in [3.8, 4) is 0 Å². The third-order valence-corrected chi connectivity index (χ3v) is 11.1. The van der Waals surface area contributed by atoms with Crippen LogP contribution < -0.4 is 0 Å². The molecule has 0 rings (SSSR count). The van der Waals surface area contributed by atoms with E-state index < -0.39 is 6.10 Å². The van der Waals surface area contributed by atoms with Gasteiger partial charge in [-0.1, -0.05) is 219 Å². The number of allylic oxidation sites excluding steroid dienone is 22. The molecule has 0 bridgehead atoms. The van der Waals surface area contributed by atoms with E-state index in [2.05, 4.69) is 154 Å². The first-order valence-corrected chi connectivity index (χ1v) is 27.7. The third kappa shape index (κ3) is 54.4. The summed E-state index contributed by atoms with van der Waals surface area (Å²) in [5.41, 5.74) is 0. The summed E-state index contributed by atoms with van der Waals surface area (Å²) in [4.78, 5) is 37.9. The van der Waals surface area contributed by atoms with E-state index in [-0.39, 0.29) is 37.5 Å². The van der Waals surface area contributed by atoms with E-state index in [1.807, 2.05) is 0 Å². The number of carbonyl (C=O) groups is 3. The summed E-state index contributed by atoms with van der Waals surface area (Å²) in [5, 5.41) is 0. The van der Waals surface area contributed by atoms with E-state index in [0.717, 1.165) is 128 Å². The van der Waals surface area contributed by atoms with Crippen molar-refractivity contribution in [1.82, 2.24) is 0 Å². The molecule has 0 aromatic carbocycles. The molecular weight excluding hydrogens is 853 g/mol. The van der Waals surface area contributed by atoms with Crippen molar-refractivity contribution in [2.45, 2.75) is 232 Å². The van der Waals surface area contributed by atoms with Gasteiger partial charge in [-0.25, -0.2) is 0 Å². The molecule has 0 spiro atoms. The summed E-state index contributed by atoms with van der Waals surface area (Å²) >= 11 is 0. The predicted octanol–water partition coefficient (Wildman–Crippen LogP) is 18.6. The van der Waals surface area contributed by atoms with Crippen molar-refractivity contribution < 1.29 is 28.6 Å². The Labute approximate surface area is 424 Å². The molecule has 1 unspecified atom stereocenters. The van der Waals surface area contributed by atoms with E-state index in [1.54, 1.807) is 0 Å². The van der Waals surface area contributed by atoms with Gasteiger partial charge < -0.3 is 14.2 Å². The van der Waals surface area contributed by atoms with Crippen LogP contribution in [0, 0.1) is 0 Å². The fraction of sp³-hybridized carbons (Fsp3) is 0.603. The second-order valence-corrected chi connectivity index (χ2v) is 17.7. The highest BCUT2D eigenvalue weighted by atomic mass is 16.6. The summed E-state index contributed by atoms with van der Waals surface area (Å²) in [6, 6.07) is 0. The number of rotatable bonds is 48. The van der Waals surface area contributed by atoms with Crippen molar-refractivity contribution in [1.29, 1.82) is 0 Å². The van der Waals surface area contributed by atoms with Crippen LogP contribution in [0.3, 0.4) is 0 Å². The molecule has 0 fully saturated rings. The van der Waals surface area contributed by atoms with Crippen LogP contribution >= 0.6 is 0 Å². The number of hydrogen-bond donors (Lipinski definition) is 0. The average Bonchev–Trinajstić information content (AvgIpc) is 3.35. The van der Waals surface area contributed by atoms with Crippen LogP contribution in [-0.2, 0) is 28.6 Å². The Morgan fingerprint density at radius 3 is 0.957 bits per heavy atom. The minimum atomic E-state index is -0.812. The van der Waals surface area contributed by atoms with Crippen molar-refractivity contribution in [2.75, 3.05) is 13.2 Å². The average molecular weight is 953 g/mol. The summed E-state index contributed by atoms with van der Waals surface area (Å²) in [7, 11) is 0. The quantitative estimate of drug-likeness (QED) is 0.0262. The Morgan fingerprint density at radius 1 is 0.304 bits per heavy atom. The number of esters is 3. The second-order valence-electron chi connectivity index (χ2n) is 17.7. The fourth-order valence-corrected chi connectivity index (χ4v) is 6.93. The highest BCUT2D eigenvalue weighted by Gasteiger charge is 2.19. The topological polar surface area (TPSA) is 78.9 Å². The van der Waals surface area contributed by atoms with Crippen molar-refractivity contribution in [2.24, 2.45) is 0 Å². The standard InChI is InChI=1S/C63H100O6/c1-4-7-10-13-16-19-22-23-24-25-26-27-28-29-30-31-32-33-34-35-36-37-38-39-42-44-47-50-53-56-62(65)68-59-60(69-63(66)57-54-51-48-45-41-21-18-15-12-9-6-3)58-67-61(64)55-52-49-46-43-40-20-17-14-11-8-5-2/h7,10,14-19,23-24,26-27,29-30,32-33,35-36,38-39,44,47,60H,4-6,8-9,11-13,20-22,25,28,31,34,37,40-43,45-46,48-59H2,1-3H3/b10-7-,17-14-,18-15-,19-16-,24-23-,27-26-,30-29-,33-32-,36-35-,39-38-,47-44-. The molecule has 0 heterocycles. The number of unbranched alkanes of at least 4 members (excludes halogenated alkanes) is 15. The van der Waals surface area contributed by atoms with Gasteiger partial charge in [-0.05, 0) is 122 Å². The lowest BCUT2D eigenvalue weighted by molar-refractivity contribution is -0.167. The lowest BCUT2D eigenvalue weighted by atomic mass is 10.1. The first-order chi connectivity index (χ1) is 34.0.